The van der Waals surface area contributed by atoms with E-state index in [0.29, 0.717) is 0 Å². The second-order valence-corrected chi connectivity index (χ2v) is 9.46. The van der Waals surface area contributed by atoms with E-state index in [0.717, 1.165) is 48.6 Å². The molecule has 2 heterocycles. The van der Waals surface area contributed by atoms with Crippen molar-refractivity contribution in [1.82, 2.24) is 9.29 Å². The van der Waals surface area contributed by atoms with Gasteiger partial charge in [0.05, 0.1) is 10.6 Å². The molecule has 0 radical (unpaired) electrons. The number of aromatic amines is 1. The molecule has 1 fully saturated rings. The average molecular weight is 438 g/mol. The first kappa shape index (κ1) is 22.1. The van der Waals surface area contributed by atoms with Crippen molar-refractivity contribution in [2.45, 2.75) is 57.3 Å². The van der Waals surface area contributed by atoms with Gasteiger partial charge in [-0.05, 0) is 68.0 Å². The molecular formula is C26H35N3OS. The smallest absolute Gasteiger partial charge is 0.165 e. The summed E-state index contributed by atoms with van der Waals surface area (Å²) in [5, 5.41) is 1.13. The Kier molecular flexibility index (Phi) is 7.81. The molecule has 0 unspecified atom stereocenters. The number of para-hydroxylation sites is 1. The van der Waals surface area contributed by atoms with Crippen LogP contribution in [-0.4, -0.2) is 35.5 Å². The van der Waals surface area contributed by atoms with E-state index in [2.05, 4.69) is 70.5 Å². The van der Waals surface area contributed by atoms with E-state index in [1.54, 1.807) is 0 Å². The van der Waals surface area contributed by atoms with E-state index >= 15 is 0 Å². The van der Waals surface area contributed by atoms with Crippen molar-refractivity contribution in [2.24, 2.45) is 0 Å². The van der Waals surface area contributed by atoms with E-state index < -0.39 is 0 Å². The molecule has 0 atom stereocenters. The molecule has 1 N–H and O–H groups in total. The van der Waals surface area contributed by atoms with Crippen LogP contribution in [-0.2, 0) is 0 Å². The molecule has 0 spiro atoms. The quantitative estimate of drug-likeness (QED) is 0.315. The summed E-state index contributed by atoms with van der Waals surface area (Å²) in [5.74, 6) is 1.92. The molecule has 3 aromatic rings. The minimum Gasteiger partial charge on any atom is -0.453 e. The molecule has 0 amide bonds. The van der Waals surface area contributed by atoms with Gasteiger partial charge in [0, 0.05) is 43.3 Å². The van der Waals surface area contributed by atoms with Crippen molar-refractivity contribution >= 4 is 28.5 Å². The monoisotopic (exact) mass is 437 g/mol. The Hall–Kier alpha value is -2.11. The largest absolute Gasteiger partial charge is 0.453 e. The van der Waals surface area contributed by atoms with Gasteiger partial charge in [-0.25, -0.2) is 4.31 Å². The number of unbranched alkanes of at least 4 members (excludes halogenated alkanes) is 2. The molecule has 0 bridgehead atoms. The number of fused-ring (bicyclic) bond motifs is 1. The first-order valence-electron chi connectivity index (χ1n) is 11.8. The van der Waals surface area contributed by atoms with E-state index in [1.165, 1.54) is 49.1 Å². The minimum atomic E-state index is 0.917. The van der Waals surface area contributed by atoms with Crippen LogP contribution < -0.4 is 9.64 Å². The van der Waals surface area contributed by atoms with Gasteiger partial charge in [0.25, 0.3) is 0 Å². The van der Waals surface area contributed by atoms with Crippen LogP contribution >= 0.6 is 11.9 Å². The number of nitrogens with one attached hydrogen (secondary N) is 1. The van der Waals surface area contributed by atoms with Crippen LogP contribution in [0.3, 0.4) is 0 Å². The summed E-state index contributed by atoms with van der Waals surface area (Å²) in [6, 6.07) is 15.0. The topological polar surface area (TPSA) is 31.5 Å². The first-order valence-corrected chi connectivity index (χ1v) is 12.6. The number of rotatable bonds is 11. The normalized spacial score (nSPS) is 14.4. The molecule has 0 saturated carbocycles. The van der Waals surface area contributed by atoms with Crippen LogP contribution in [0.2, 0.25) is 0 Å². The first-order chi connectivity index (χ1) is 15.3. The number of ether oxygens (including phenoxy) is 1. The molecule has 1 aliphatic heterocycles. The van der Waals surface area contributed by atoms with Crippen LogP contribution in [0.1, 0.15) is 52.4 Å². The van der Waals surface area contributed by atoms with Crippen molar-refractivity contribution in [3.63, 3.8) is 0 Å². The zero-order valence-electron chi connectivity index (χ0n) is 18.9. The van der Waals surface area contributed by atoms with E-state index in [4.69, 9.17) is 4.74 Å². The van der Waals surface area contributed by atoms with Crippen molar-refractivity contribution in [3.8, 4) is 11.5 Å². The second-order valence-electron chi connectivity index (χ2n) is 8.32. The molecule has 1 saturated heterocycles. The summed E-state index contributed by atoms with van der Waals surface area (Å²) in [6.45, 7) is 8.97. The highest BCUT2D eigenvalue weighted by atomic mass is 32.2. The molecule has 2 aromatic carbocycles. The Morgan fingerprint density at radius 1 is 0.968 bits per heavy atom. The molecule has 0 aliphatic carbocycles. The molecule has 1 aromatic heterocycles. The number of hydrogen-bond donors (Lipinski definition) is 1. The fourth-order valence-corrected chi connectivity index (χ4v) is 5.24. The van der Waals surface area contributed by atoms with Gasteiger partial charge in [-0.2, -0.15) is 0 Å². The lowest BCUT2D eigenvalue weighted by atomic mass is 10.2. The Bertz CT molecular complexity index is 956. The SMILES string of the molecule is CCCCN(CCCC)c1cccc(SN2CCCC2)c1Oc1cccc2[nH]ccc12. The third-order valence-electron chi connectivity index (χ3n) is 5.92. The minimum absolute atomic E-state index is 0.917. The number of hydrogen-bond acceptors (Lipinski definition) is 4. The summed E-state index contributed by atoms with van der Waals surface area (Å²) < 4.78 is 9.23. The van der Waals surface area contributed by atoms with E-state index in [1.807, 2.05) is 18.1 Å². The van der Waals surface area contributed by atoms with Crippen molar-refractivity contribution in [2.75, 3.05) is 31.1 Å². The van der Waals surface area contributed by atoms with Crippen LogP contribution in [0.4, 0.5) is 5.69 Å². The maximum Gasteiger partial charge on any atom is 0.165 e. The summed E-state index contributed by atoms with van der Waals surface area (Å²) >= 11 is 1.86. The predicted octanol–water partition coefficient (Wildman–Crippen LogP) is 7.47. The van der Waals surface area contributed by atoms with Gasteiger partial charge >= 0.3 is 0 Å². The van der Waals surface area contributed by atoms with Gasteiger partial charge < -0.3 is 14.6 Å². The van der Waals surface area contributed by atoms with Gasteiger partial charge in [-0.15, -0.1) is 0 Å². The van der Waals surface area contributed by atoms with Crippen molar-refractivity contribution in [3.05, 3.63) is 48.7 Å². The molecule has 166 valence electrons. The van der Waals surface area contributed by atoms with Gasteiger partial charge in [0.1, 0.15) is 5.75 Å². The van der Waals surface area contributed by atoms with Crippen molar-refractivity contribution < 1.29 is 4.74 Å². The highest BCUT2D eigenvalue weighted by Gasteiger charge is 2.21. The summed E-state index contributed by atoms with van der Waals surface area (Å²) in [5.41, 5.74) is 2.33. The Labute approximate surface area is 191 Å². The summed E-state index contributed by atoms with van der Waals surface area (Å²) in [4.78, 5) is 7.06. The highest BCUT2D eigenvalue weighted by molar-refractivity contribution is 7.97. The van der Waals surface area contributed by atoms with Gasteiger partial charge in [0.2, 0.25) is 0 Å². The van der Waals surface area contributed by atoms with Gasteiger partial charge in [-0.1, -0.05) is 38.8 Å². The number of H-pyrrole nitrogens is 1. The maximum absolute atomic E-state index is 6.75. The second kappa shape index (κ2) is 11.0. The fourth-order valence-electron chi connectivity index (χ4n) is 4.15. The Morgan fingerprint density at radius 3 is 2.45 bits per heavy atom. The van der Waals surface area contributed by atoms with Crippen LogP contribution in [0, 0.1) is 0 Å². The van der Waals surface area contributed by atoms with Gasteiger partial charge in [-0.3, -0.25) is 0 Å². The van der Waals surface area contributed by atoms with Crippen molar-refractivity contribution in [1.29, 1.82) is 0 Å². The zero-order chi connectivity index (χ0) is 21.5. The van der Waals surface area contributed by atoms with Crippen LogP contribution in [0.25, 0.3) is 10.9 Å². The lowest BCUT2D eigenvalue weighted by molar-refractivity contribution is 0.472. The third kappa shape index (κ3) is 5.39. The average Bonchev–Trinajstić information content (AvgIpc) is 3.48. The molecule has 4 nitrogen and oxygen atoms in total. The number of benzene rings is 2. The zero-order valence-corrected chi connectivity index (χ0v) is 19.7. The number of anilines is 1. The third-order valence-corrected chi connectivity index (χ3v) is 7.06. The van der Waals surface area contributed by atoms with E-state index in [9.17, 15) is 0 Å². The summed E-state index contributed by atoms with van der Waals surface area (Å²) in [6.07, 6.45) is 9.33. The standard InChI is InChI=1S/C26H35N3OS/c1-3-5-17-28(18-6-4-2)23-12-10-14-25(31-29-19-7-8-20-29)26(23)30-24-13-9-11-22-21(24)15-16-27-22/h9-16,27H,3-8,17-20H2,1-2H3. The van der Waals surface area contributed by atoms with Crippen LogP contribution in [0.5, 0.6) is 11.5 Å². The van der Waals surface area contributed by atoms with Crippen LogP contribution in [0.15, 0.2) is 53.6 Å². The van der Waals surface area contributed by atoms with E-state index in [-0.39, 0.29) is 0 Å². The maximum atomic E-state index is 6.75. The fraction of sp³-hybridized carbons (Fsp3) is 0.462. The number of aromatic nitrogens is 1. The van der Waals surface area contributed by atoms with Gasteiger partial charge in [0.15, 0.2) is 5.75 Å². The lowest BCUT2D eigenvalue weighted by Crippen LogP contribution is -2.26. The molecule has 5 heteroatoms. The molecule has 1 aliphatic rings. The number of nitrogens with zero attached hydrogens (tertiary/aromatic N) is 2. The highest BCUT2D eigenvalue weighted by Crippen LogP contribution is 2.44. The predicted molar refractivity (Wildman–Crippen MR) is 134 cm³/mol. The molecular weight excluding hydrogens is 402 g/mol. The molecule has 31 heavy (non-hydrogen) atoms. The lowest BCUT2D eigenvalue weighted by Gasteiger charge is -2.28. The summed E-state index contributed by atoms with van der Waals surface area (Å²) in [7, 11) is 0. The molecule has 4 rings (SSSR count). The Morgan fingerprint density at radius 2 is 1.71 bits per heavy atom. The Balaban J connectivity index is 1.73.